The molecule has 156 valence electrons. The van der Waals surface area contributed by atoms with Crippen molar-refractivity contribution in [2.24, 2.45) is 5.41 Å². The molecule has 1 aromatic carbocycles. The molecule has 0 saturated carbocycles. The SMILES string of the molecule is CCOC(=O)[C@@]1(Cc2cccc(Cl)c2)CCCN(C(=O)CCc2scnc2C)C1. The van der Waals surface area contributed by atoms with Gasteiger partial charge in [-0.3, -0.25) is 9.59 Å². The second kappa shape index (κ2) is 9.72. The molecule has 1 atom stereocenters. The third kappa shape index (κ3) is 5.37. The quantitative estimate of drug-likeness (QED) is 0.604. The molecule has 1 fully saturated rings. The van der Waals surface area contributed by atoms with Crippen LogP contribution in [0.4, 0.5) is 0 Å². The van der Waals surface area contributed by atoms with Gasteiger partial charge in [0, 0.05) is 29.4 Å². The van der Waals surface area contributed by atoms with Crippen LogP contribution >= 0.6 is 22.9 Å². The minimum Gasteiger partial charge on any atom is -0.466 e. The number of nitrogens with zero attached hydrogens (tertiary/aromatic N) is 2. The Labute approximate surface area is 181 Å². The molecule has 5 nitrogen and oxygen atoms in total. The molecular weight excluding hydrogens is 408 g/mol. The normalized spacial score (nSPS) is 19.2. The van der Waals surface area contributed by atoms with Gasteiger partial charge in [-0.1, -0.05) is 23.7 Å². The summed E-state index contributed by atoms with van der Waals surface area (Å²) in [5.74, 6) is -0.145. The molecule has 0 bridgehead atoms. The highest BCUT2D eigenvalue weighted by Crippen LogP contribution is 2.36. The number of likely N-dealkylation sites (tertiary alicyclic amines) is 1. The van der Waals surface area contributed by atoms with E-state index in [0.29, 0.717) is 50.4 Å². The average Bonchev–Trinajstić information content (AvgIpc) is 3.11. The molecule has 1 amide bonds. The van der Waals surface area contributed by atoms with E-state index >= 15 is 0 Å². The molecule has 0 aliphatic carbocycles. The number of esters is 1. The molecule has 0 radical (unpaired) electrons. The highest BCUT2D eigenvalue weighted by molar-refractivity contribution is 7.09. The molecule has 1 aliphatic heterocycles. The van der Waals surface area contributed by atoms with Crippen molar-refractivity contribution in [3.05, 3.63) is 50.9 Å². The second-order valence-electron chi connectivity index (χ2n) is 7.59. The van der Waals surface area contributed by atoms with Crippen molar-refractivity contribution in [1.82, 2.24) is 9.88 Å². The largest absolute Gasteiger partial charge is 0.466 e. The van der Waals surface area contributed by atoms with Gasteiger partial charge >= 0.3 is 5.97 Å². The van der Waals surface area contributed by atoms with Gasteiger partial charge in [-0.15, -0.1) is 11.3 Å². The first kappa shape index (κ1) is 21.8. The Morgan fingerprint density at radius 2 is 2.21 bits per heavy atom. The van der Waals surface area contributed by atoms with Crippen molar-refractivity contribution < 1.29 is 14.3 Å². The molecule has 1 saturated heterocycles. The summed E-state index contributed by atoms with van der Waals surface area (Å²) in [6.07, 6.45) is 3.12. The molecule has 2 aromatic rings. The Morgan fingerprint density at radius 3 is 2.90 bits per heavy atom. The maximum Gasteiger partial charge on any atom is 0.314 e. The molecule has 1 aliphatic rings. The third-order valence-electron chi connectivity index (χ3n) is 5.48. The number of hydrogen-bond donors (Lipinski definition) is 0. The standard InChI is InChI=1S/C22H27ClN2O3S/c1-3-28-21(27)22(13-17-6-4-7-18(23)12-17)10-5-11-25(14-22)20(26)9-8-19-16(2)24-15-29-19/h4,6-7,12,15H,3,5,8-11,13-14H2,1-2H3/t22-/m1/s1. The minimum absolute atomic E-state index is 0.0808. The van der Waals surface area contributed by atoms with Gasteiger partial charge in [0.15, 0.2) is 0 Å². The maximum atomic E-state index is 13.0. The fraction of sp³-hybridized carbons (Fsp3) is 0.500. The van der Waals surface area contributed by atoms with Crippen LogP contribution < -0.4 is 0 Å². The number of carbonyl (C=O) groups excluding carboxylic acids is 2. The molecule has 0 unspecified atom stereocenters. The monoisotopic (exact) mass is 434 g/mol. The number of amides is 1. The van der Waals surface area contributed by atoms with E-state index in [-0.39, 0.29) is 11.9 Å². The Bertz CT molecular complexity index is 869. The lowest BCUT2D eigenvalue weighted by atomic mass is 9.75. The zero-order chi connectivity index (χ0) is 20.9. The summed E-state index contributed by atoms with van der Waals surface area (Å²) in [6, 6.07) is 7.57. The van der Waals surface area contributed by atoms with Crippen LogP contribution in [0.15, 0.2) is 29.8 Å². The van der Waals surface area contributed by atoms with Crippen LogP contribution in [0.5, 0.6) is 0 Å². The van der Waals surface area contributed by atoms with E-state index in [2.05, 4.69) is 4.98 Å². The molecule has 7 heteroatoms. The molecule has 1 aromatic heterocycles. The summed E-state index contributed by atoms with van der Waals surface area (Å²) in [7, 11) is 0. The zero-order valence-electron chi connectivity index (χ0n) is 16.9. The summed E-state index contributed by atoms with van der Waals surface area (Å²) in [6.45, 7) is 5.17. The first-order chi connectivity index (χ1) is 13.9. The Balaban J connectivity index is 1.74. The number of carbonyl (C=O) groups is 2. The maximum absolute atomic E-state index is 13.0. The predicted octanol–water partition coefficient (Wildman–Crippen LogP) is 4.45. The van der Waals surface area contributed by atoms with Gasteiger partial charge in [-0.05, 0) is 57.2 Å². The van der Waals surface area contributed by atoms with E-state index < -0.39 is 5.41 Å². The highest BCUT2D eigenvalue weighted by Gasteiger charge is 2.44. The molecule has 0 spiro atoms. The van der Waals surface area contributed by atoms with Crippen LogP contribution in [0.2, 0.25) is 5.02 Å². The minimum atomic E-state index is -0.727. The second-order valence-corrected chi connectivity index (χ2v) is 8.96. The number of aryl methyl sites for hydroxylation is 2. The van der Waals surface area contributed by atoms with Crippen molar-refractivity contribution in [3.63, 3.8) is 0 Å². The van der Waals surface area contributed by atoms with Gasteiger partial charge in [0.1, 0.15) is 0 Å². The van der Waals surface area contributed by atoms with Crippen LogP contribution in [-0.4, -0.2) is 41.5 Å². The van der Waals surface area contributed by atoms with Crippen LogP contribution in [-0.2, 0) is 27.2 Å². The average molecular weight is 435 g/mol. The van der Waals surface area contributed by atoms with Crippen molar-refractivity contribution in [2.45, 2.75) is 46.0 Å². The van der Waals surface area contributed by atoms with Gasteiger partial charge in [-0.2, -0.15) is 0 Å². The summed E-state index contributed by atoms with van der Waals surface area (Å²) in [4.78, 5) is 33.1. The van der Waals surface area contributed by atoms with Gasteiger partial charge in [-0.25, -0.2) is 4.98 Å². The molecule has 0 N–H and O–H groups in total. The van der Waals surface area contributed by atoms with E-state index in [1.54, 1.807) is 11.3 Å². The Hall–Kier alpha value is -1.92. The first-order valence-electron chi connectivity index (χ1n) is 10.0. The molecule has 3 rings (SSSR count). The van der Waals surface area contributed by atoms with Crippen LogP contribution in [0.25, 0.3) is 0 Å². The number of aromatic nitrogens is 1. The lowest BCUT2D eigenvalue weighted by Crippen LogP contribution is -2.51. The van der Waals surface area contributed by atoms with Gasteiger partial charge in [0.05, 0.1) is 23.2 Å². The lowest BCUT2D eigenvalue weighted by Gasteiger charge is -2.41. The predicted molar refractivity (Wildman–Crippen MR) is 115 cm³/mol. The van der Waals surface area contributed by atoms with Gasteiger partial charge < -0.3 is 9.64 Å². The zero-order valence-corrected chi connectivity index (χ0v) is 18.5. The first-order valence-corrected chi connectivity index (χ1v) is 11.3. The fourth-order valence-corrected chi connectivity index (χ4v) is 4.99. The topological polar surface area (TPSA) is 59.5 Å². The lowest BCUT2D eigenvalue weighted by molar-refractivity contribution is -0.160. The number of rotatable bonds is 7. The summed E-state index contributed by atoms with van der Waals surface area (Å²) >= 11 is 7.73. The molecule has 29 heavy (non-hydrogen) atoms. The Morgan fingerprint density at radius 1 is 1.38 bits per heavy atom. The summed E-state index contributed by atoms with van der Waals surface area (Å²) < 4.78 is 5.43. The smallest absolute Gasteiger partial charge is 0.314 e. The van der Waals surface area contributed by atoms with E-state index in [4.69, 9.17) is 16.3 Å². The molecular formula is C22H27ClN2O3S. The number of hydrogen-bond acceptors (Lipinski definition) is 5. The Kier molecular flexibility index (Phi) is 7.30. The van der Waals surface area contributed by atoms with Crippen molar-refractivity contribution in [1.29, 1.82) is 0 Å². The number of ether oxygens (including phenoxy) is 1. The van der Waals surface area contributed by atoms with E-state index in [9.17, 15) is 9.59 Å². The van der Waals surface area contributed by atoms with Gasteiger partial charge in [0.2, 0.25) is 5.91 Å². The molecule has 2 heterocycles. The number of piperidine rings is 1. The number of halogens is 1. The van der Waals surface area contributed by atoms with Crippen molar-refractivity contribution >= 4 is 34.8 Å². The fourth-order valence-electron chi connectivity index (χ4n) is 3.99. The van der Waals surface area contributed by atoms with E-state index in [1.807, 2.05) is 48.5 Å². The summed E-state index contributed by atoms with van der Waals surface area (Å²) in [5.41, 5.74) is 3.06. The third-order valence-corrected chi connectivity index (χ3v) is 6.71. The van der Waals surface area contributed by atoms with Crippen molar-refractivity contribution in [2.75, 3.05) is 19.7 Å². The van der Waals surface area contributed by atoms with E-state index in [1.165, 1.54) is 0 Å². The number of thiazole rings is 1. The van der Waals surface area contributed by atoms with Crippen LogP contribution in [0.1, 0.15) is 42.3 Å². The summed E-state index contributed by atoms with van der Waals surface area (Å²) in [5, 5.41) is 0.644. The number of benzene rings is 1. The van der Waals surface area contributed by atoms with Gasteiger partial charge in [0.25, 0.3) is 0 Å². The van der Waals surface area contributed by atoms with Crippen molar-refractivity contribution in [3.8, 4) is 0 Å². The van der Waals surface area contributed by atoms with Crippen LogP contribution in [0, 0.1) is 12.3 Å². The van der Waals surface area contributed by atoms with Crippen LogP contribution in [0.3, 0.4) is 0 Å². The highest BCUT2D eigenvalue weighted by atomic mass is 35.5. The van der Waals surface area contributed by atoms with E-state index in [0.717, 1.165) is 22.6 Å².